The second-order valence-electron chi connectivity index (χ2n) is 18.2. The molecule has 0 saturated carbocycles. The molecule has 0 bridgehead atoms. The third-order valence-electron chi connectivity index (χ3n) is 12.7. The first-order valence-corrected chi connectivity index (χ1v) is 33.2. The molecule has 14 nitrogen and oxygen atoms in total. The highest BCUT2D eigenvalue weighted by atomic mass is 32.2. The van der Waals surface area contributed by atoms with E-state index in [0.717, 1.165) is 42.3 Å². The summed E-state index contributed by atoms with van der Waals surface area (Å²) in [5.41, 5.74) is -1.57. The molecular weight excluding hydrogens is 879 g/mol. The van der Waals surface area contributed by atoms with Gasteiger partial charge in [0.05, 0.1) is 31.1 Å². The molecular formula is C43H77N5O9S2Si3. The van der Waals surface area contributed by atoms with E-state index >= 15 is 0 Å². The first kappa shape index (κ1) is 53.9. The zero-order valence-electron chi connectivity index (χ0n) is 40.4. The Morgan fingerprint density at radius 2 is 1.58 bits per heavy atom. The van der Waals surface area contributed by atoms with Gasteiger partial charge in [-0.3, -0.25) is 19.5 Å². The summed E-state index contributed by atoms with van der Waals surface area (Å²) < 4.78 is 31.8. The first-order chi connectivity index (χ1) is 29.0. The predicted molar refractivity (Wildman–Crippen MR) is 259 cm³/mol. The summed E-state index contributed by atoms with van der Waals surface area (Å²) >= 11 is 2.64. The van der Waals surface area contributed by atoms with Crippen LogP contribution in [0.5, 0.6) is 0 Å². The number of thiazole rings is 1. The number of aliphatic imine (C=N–C) groups is 1. The van der Waals surface area contributed by atoms with Gasteiger partial charge in [0.25, 0.3) is 0 Å². The number of nitrogens with one attached hydrogen (secondary N) is 2. The number of aromatic nitrogens is 1. The summed E-state index contributed by atoms with van der Waals surface area (Å²) in [5.74, 6) is -1.01. The molecule has 1 aromatic heterocycles. The third kappa shape index (κ3) is 12.9. The molecule has 2 aliphatic heterocycles. The van der Waals surface area contributed by atoms with Crippen molar-refractivity contribution in [2.75, 3.05) is 19.0 Å². The molecule has 0 aliphatic carbocycles. The lowest BCUT2D eigenvalue weighted by atomic mass is 9.91. The van der Waals surface area contributed by atoms with Crippen molar-refractivity contribution in [2.24, 2.45) is 4.99 Å². The Labute approximate surface area is 383 Å². The Balaban J connectivity index is 2.02. The number of nitrogens with zero attached hydrogens (tertiary/aromatic N) is 3. The van der Waals surface area contributed by atoms with Crippen LogP contribution in [-0.2, 0) is 32.7 Å². The van der Waals surface area contributed by atoms with Crippen LogP contribution in [0.3, 0.4) is 0 Å². The molecule has 1 unspecified atom stereocenters. The Morgan fingerprint density at radius 3 is 2.11 bits per heavy atom. The minimum absolute atomic E-state index is 0.167. The molecule has 1 saturated heterocycles. The molecule has 0 spiro atoms. The van der Waals surface area contributed by atoms with Crippen molar-refractivity contribution in [3.05, 3.63) is 27.9 Å². The fraction of sp³-hybridized carbons (Fsp3) is 0.767. The third-order valence-corrected chi connectivity index (χ3v) is 25.9. The van der Waals surface area contributed by atoms with E-state index in [-0.39, 0.29) is 24.8 Å². The molecule has 0 aromatic carbocycles. The van der Waals surface area contributed by atoms with Crippen LogP contribution in [0.4, 0.5) is 4.79 Å². The monoisotopic (exact) mass is 955 g/mol. The summed E-state index contributed by atoms with van der Waals surface area (Å²) in [5, 5.41) is 8.99. The van der Waals surface area contributed by atoms with Crippen LogP contribution in [-0.4, -0.2) is 118 Å². The van der Waals surface area contributed by atoms with Crippen molar-refractivity contribution in [3.63, 3.8) is 0 Å². The zero-order chi connectivity index (χ0) is 46.8. The molecule has 2 N–H and O–H groups in total. The maximum absolute atomic E-state index is 14.6. The predicted octanol–water partition coefficient (Wildman–Crippen LogP) is 9.50. The second-order valence-corrected chi connectivity index (χ2v) is 35.2. The van der Waals surface area contributed by atoms with Crippen LogP contribution >= 0.6 is 23.1 Å². The van der Waals surface area contributed by atoms with Crippen molar-refractivity contribution < 1.29 is 42.2 Å². The smallest absolute Gasteiger partial charge is 0.412 e. The summed E-state index contributed by atoms with van der Waals surface area (Å²) in [4.78, 5) is 66.2. The van der Waals surface area contributed by atoms with Crippen molar-refractivity contribution in [1.82, 2.24) is 20.5 Å². The van der Waals surface area contributed by atoms with E-state index in [0.29, 0.717) is 21.5 Å². The number of hydrogen-bond acceptors (Lipinski definition) is 13. The SMILES string of the molecule is C/C=C(\NC(=O)[C@@H]1[C@@H](C)OC(C)(C)N1C(=O)OCC[Si](C)(C)C)C1=NC(C(=O)N[C@H](c2nc(C(=O)OCC)cs2)[C@](C)(O[Si](CC)(CC)CC)[C@@H](C)O[Si](CC)(CC)CC)CS1. The van der Waals surface area contributed by atoms with Gasteiger partial charge < -0.3 is 33.7 Å². The molecule has 3 amide bonds. The van der Waals surface area contributed by atoms with Gasteiger partial charge in [0, 0.05) is 19.2 Å². The lowest BCUT2D eigenvalue weighted by Crippen LogP contribution is -2.61. The number of esters is 1. The number of hydrogen-bond donors (Lipinski definition) is 2. The largest absolute Gasteiger partial charge is 0.461 e. The number of rotatable bonds is 23. The van der Waals surface area contributed by atoms with Crippen LogP contribution in [0.1, 0.15) is 112 Å². The average molecular weight is 957 g/mol. The Bertz CT molecular complexity index is 1750. The van der Waals surface area contributed by atoms with Gasteiger partial charge in [-0.05, 0) is 90.8 Å². The maximum Gasteiger partial charge on any atom is 0.412 e. The number of carbonyl (C=O) groups is 4. The minimum atomic E-state index is -2.38. The van der Waals surface area contributed by atoms with Gasteiger partial charge in [0.15, 0.2) is 22.3 Å². The van der Waals surface area contributed by atoms with Crippen LogP contribution in [0.25, 0.3) is 0 Å². The molecule has 1 aromatic rings. The summed E-state index contributed by atoms with van der Waals surface area (Å²) in [6.45, 7) is 33.1. The maximum atomic E-state index is 14.6. The van der Waals surface area contributed by atoms with Crippen molar-refractivity contribution in [3.8, 4) is 0 Å². The Hall–Kier alpha value is -2.40. The molecule has 1 fully saturated rings. The van der Waals surface area contributed by atoms with Crippen LogP contribution in [0.2, 0.25) is 61.9 Å². The van der Waals surface area contributed by atoms with E-state index in [4.69, 9.17) is 33.0 Å². The average Bonchev–Trinajstić information content (AvgIpc) is 3.97. The highest BCUT2D eigenvalue weighted by Gasteiger charge is 2.54. The molecule has 2 aliphatic rings. The van der Waals surface area contributed by atoms with Crippen molar-refractivity contribution >= 4 is 76.7 Å². The van der Waals surface area contributed by atoms with Gasteiger partial charge in [-0.1, -0.05) is 67.3 Å². The van der Waals surface area contributed by atoms with E-state index in [1.165, 1.54) is 28.0 Å². The molecule has 62 heavy (non-hydrogen) atoms. The fourth-order valence-electron chi connectivity index (χ4n) is 8.12. The Kier molecular flexibility index (Phi) is 19.7. The highest BCUT2D eigenvalue weighted by molar-refractivity contribution is 8.14. The number of ether oxygens (including phenoxy) is 3. The van der Waals surface area contributed by atoms with Crippen LogP contribution < -0.4 is 10.6 Å². The second kappa shape index (κ2) is 22.7. The van der Waals surface area contributed by atoms with Crippen molar-refractivity contribution in [1.29, 1.82) is 0 Å². The Morgan fingerprint density at radius 1 is 0.984 bits per heavy atom. The number of thioether (sulfide) groups is 1. The lowest BCUT2D eigenvalue weighted by Gasteiger charge is -2.49. The fourth-order valence-corrected chi connectivity index (χ4v) is 17.0. The summed E-state index contributed by atoms with van der Waals surface area (Å²) in [6.07, 6.45) is 0.0695. The number of amides is 3. The summed E-state index contributed by atoms with van der Waals surface area (Å²) in [7, 11) is -6.03. The standard InChI is InChI=1S/C43H77N5O9S2Si3/c1-17-31(44-37(50)34-29(9)55-42(11,12)48(34)41(52)54-25-26-60(14,15)16)38-45-32(27-58-38)36(49)47-35(39-46-33(28-59-39)40(51)53-18-2)43(13,57-62(22-6,23-7)24-8)30(10)56-61(19-3,20-4)21-5/h17,28-30,32,34-35H,18-27H2,1-16H3,(H,44,50)(H,47,49)/b31-17-/t29-,30-,32?,34+,35-,43-/m1/s1. The van der Waals surface area contributed by atoms with E-state index in [2.05, 4.69) is 78.7 Å². The van der Waals surface area contributed by atoms with E-state index in [1.54, 1.807) is 46.1 Å². The molecule has 3 rings (SSSR count). The van der Waals surface area contributed by atoms with Gasteiger partial charge in [0.1, 0.15) is 39.5 Å². The quantitative estimate of drug-likeness (QED) is 0.0792. The summed E-state index contributed by atoms with van der Waals surface area (Å²) in [6, 6.07) is 3.63. The normalized spacial score (nSPS) is 21.5. The lowest BCUT2D eigenvalue weighted by molar-refractivity contribution is -0.127. The van der Waals surface area contributed by atoms with Crippen LogP contribution in [0, 0.1) is 0 Å². The van der Waals surface area contributed by atoms with Gasteiger partial charge in [0.2, 0.25) is 11.8 Å². The van der Waals surface area contributed by atoms with E-state index < -0.39 is 84.3 Å². The molecule has 3 heterocycles. The number of carbonyl (C=O) groups excluding carboxylic acids is 4. The van der Waals surface area contributed by atoms with Crippen LogP contribution in [0.15, 0.2) is 22.1 Å². The topological polar surface area (TPSA) is 167 Å². The molecule has 0 radical (unpaired) electrons. The molecule has 19 heteroatoms. The van der Waals surface area contributed by atoms with E-state index in [1.807, 2.05) is 6.92 Å². The van der Waals surface area contributed by atoms with Gasteiger partial charge in [-0.25, -0.2) is 14.6 Å². The van der Waals surface area contributed by atoms with Gasteiger partial charge in [-0.2, -0.15) is 0 Å². The van der Waals surface area contributed by atoms with Gasteiger partial charge >= 0.3 is 12.1 Å². The zero-order valence-corrected chi connectivity index (χ0v) is 45.1. The van der Waals surface area contributed by atoms with Crippen molar-refractivity contribution in [2.45, 2.75) is 194 Å². The van der Waals surface area contributed by atoms with Gasteiger partial charge in [-0.15, -0.1) is 23.1 Å². The molecule has 6 atom stereocenters. The first-order valence-electron chi connectivity index (χ1n) is 22.6. The number of allylic oxidation sites excluding steroid dienone is 1. The minimum Gasteiger partial charge on any atom is -0.461 e. The van der Waals surface area contributed by atoms with E-state index in [9.17, 15) is 19.2 Å². The highest BCUT2D eigenvalue weighted by Crippen LogP contribution is 2.43. The molecule has 352 valence electrons.